The van der Waals surface area contributed by atoms with Crippen LogP contribution in [0.3, 0.4) is 0 Å². The van der Waals surface area contributed by atoms with Crippen molar-refractivity contribution in [2.24, 2.45) is 0 Å². The fourth-order valence-corrected chi connectivity index (χ4v) is 2.17. The number of rotatable bonds is 2. The second-order valence-corrected chi connectivity index (χ2v) is 4.57. The molecule has 0 amide bonds. The van der Waals surface area contributed by atoms with Crippen LogP contribution in [0.2, 0.25) is 0 Å². The van der Waals surface area contributed by atoms with Gasteiger partial charge in [-0.25, -0.2) is 4.98 Å². The molecule has 16 heavy (non-hydrogen) atoms. The number of carbonyl (C=O) groups excluding carboxylic acids is 1. The van der Waals surface area contributed by atoms with E-state index in [1.165, 1.54) is 5.56 Å². The first-order valence-corrected chi connectivity index (χ1v) is 5.84. The van der Waals surface area contributed by atoms with Gasteiger partial charge in [0.1, 0.15) is 11.6 Å². The SMILES string of the molecule is Cc1ccc(N(C)C2CCC(=O)CC2)nc1. The minimum absolute atomic E-state index is 0.404. The molecule has 1 aliphatic carbocycles. The molecule has 0 radical (unpaired) electrons. The molecule has 1 saturated carbocycles. The van der Waals surface area contributed by atoms with E-state index in [2.05, 4.69) is 23.0 Å². The molecule has 0 spiro atoms. The van der Waals surface area contributed by atoms with E-state index in [9.17, 15) is 4.79 Å². The predicted molar refractivity (Wildman–Crippen MR) is 64.6 cm³/mol. The lowest BCUT2D eigenvalue weighted by Gasteiger charge is -2.31. The fourth-order valence-electron chi connectivity index (χ4n) is 2.17. The summed E-state index contributed by atoms with van der Waals surface area (Å²) in [6, 6.07) is 4.59. The number of pyridine rings is 1. The molecule has 1 aliphatic rings. The van der Waals surface area contributed by atoms with E-state index in [-0.39, 0.29) is 0 Å². The Hall–Kier alpha value is -1.38. The number of ketones is 1. The van der Waals surface area contributed by atoms with Crippen molar-refractivity contribution in [3.8, 4) is 0 Å². The van der Waals surface area contributed by atoms with Gasteiger partial charge in [0, 0.05) is 32.1 Å². The molecule has 86 valence electrons. The average molecular weight is 218 g/mol. The molecule has 2 rings (SSSR count). The van der Waals surface area contributed by atoms with Gasteiger partial charge in [-0.05, 0) is 31.4 Å². The lowest BCUT2D eigenvalue weighted by Crippen LogP contribution is -2.35. The molecule has 1 heterocycles. The standard InChI is InChI=1S/C13H18N2O/c1-10-3-8-13(14-9-10)15(2)11-4-6-12(16)7-5-11/h3,8-9,11H,4-7H2,1-2H3. The Morgan fingerprint density at radius 3 is 2.56 bits per heavy atom. The van der Waals surface area contributed by atoms with E-state index in [0.717, 1.165) is 31.5 Å². The lowest BCUT2D eigenvalue weighted by atomic mass is 9.93. The number of aromatic nitrogens is 1. The van der Waals surface area contributed by atoms with Crippen LogP contribution >= 0.6 is 0 Å². The number of hydrogen-bond acceptors (Lipinski definition) is 3. The van der Waals surface area contributed by atoms with Gasteiger partial charge in [0.25, 0.3) is 0 Å². The van der Waals surface area contributed by atoms with Crippen molar-refractivity contribution in [2.45, 2.75) is 38.6 Å². The van der Waals surface area contributed by atoms with Gasteiger partial charge in [-0.15, -0.1) is 0 Å². The molecular formula is C13H18N2O. The zero-order chi connectivity index (χ0) is 11.5. The molecule has 3 heteroatoms. The van der Waals surface area contributed by atoms with E-state index in [1.54, 1.807) is 0 Å². The van der Waals surface area contributed by atoms with Crippen molar-refractivity contribution in [3.63, 3.8) is 0 Å². The highest BCUT2D eigenvalue weighted by Gasteiger charge is 2.22. The number of anilines is 1. The quantitative estimate of drug-likeness (QED) is 0.764. The zero-order valence-corrected chi connectivity index (χ0v) is 9.94. The van der Waals surface area contributed by atoms with E-state index in [4.69, 9.17) is 0 Å². The van der Waals surface area contributed by atoms with Gasteiger partial charge >= 0.3 is 0 Å². The largest absolute Gasteiger partial charge is 0.357 e. The van der Waals surface area contributed by atoms with Crippen LogP contribution in [0.5, 0.6) is 0 Å². The summed E-state index contributed by atoms with van der Waals surface area (Å²) < 4.78 is 0. The summed E-state index contributed by atoms with van der Waals surface area (Å²) in [7, 11) is 2.07. The summed E-state index contributed by atoms with van der Waals surface area (Å²) >= 11 is 0. The molecule has 0 bridgehead atoms. The van der Waals surface area contributed by atoms with Crippen LogP contribution in [0.25, 0.3) is 0 Å². The minimum Gasteiger partial charge on any atom is -0.357 e. The molecule has 0 N–H and O–H groups in total. The Bertz CT molecular complexity index is 362. The van der Waals surface area contributed by atoms with Crippen molar-refractivity contribution in [1.82, 2.24) is 4.98 Å². The number of nitrogens with zero attached hydrogens (tertiary/aromatic N) is 2. The van der Waals surface area contributed by atoms with Crippen LogP contribution in [0.1, 0.15) is 31.2 Å². The molecular weight excluding hydrogens is 200 g/mol. The zero-order valence-electron chi connectivity index (χ0n) is 9.94. The maximum atomic E-state index is 11.2. The summed E-state index contributed by atoms with van der Waals surface area (Å²) in [4.78, 5) is 17.8. The van der Waals surface area contributed by atoms with Crippen molar-refractivity contribution < 1.29 is 4.79 Å². The first kappa shape index (κ1) is 11.1. The van der Waals surface area contributed by atoms with Crippen molar-refractivity contribution in [1.29, 1.82) is 0 Å². The van der Waals surface area contributed by atoms with Gasteiger partial charge in [0.05, 0.1) is 0 Å². The van der Waals surface area contributed by atoms with Gasteiger partial charge in [0.2, 0.25) is 0 Å². The van der Waals surface area contributed by atoms with Gasteiger partial charge in [-0.2, -0.15) is 0 Å². The maximum Gasteiger partial charge on any atom is 0.133 e. The van der Waals surface area contributed by atoms with Crippen molar-refractivity contribution in [3.05, 3.63) is 23.9 Å². The van der Waals surface area contributed by atoms with Gasteiger partial charge in [-0.1, -0.05) is 6.07 Å². The smallest absolute Gasteiger partial charge is 0.133 e. The third-order valence-electron chi connectivity index (χ3n) is 3.32. The monoisotopic (exact) mass is 218 g/mol. The second-order valence-electron chi connectivity index (χ2n) is 4.57. The van der Waals surface area contributed by atoms with E-state index in [0.29, 0.717) is 11.8 Å². The Morgan fingerprint density at radius 2 is 2.00 bits per heavy atom. The normalized spacial score (nSPS) is 17.5. The molecule has 1 aromatic rings. The second kappa shape index (κ2) is 4.64. The van der Waals surface area contributed by atoms with Gasteiger partial charge < -0.3 is 4.90 Å². The van der Waals surface area contributed by atoms with Crippen LogP contribution in [-0.4, -0.2) is 23.9 Å². The Morgan fingerprint density at radius 1 is 1.31 bits per heavy atom. The number of Topliss-reactive ketones (excluding diaryl/α,β-unsaturated/α-hetero) is 1. The minimum atomic E-state index is 0.404. The number of aryl methyl sites for hydroxylation is 1. The molecule has 0 aromatic carbocycles. The van der Waals surface area contributed by atoms with Crippen LogP contribution < -0.4 is 4.90 Å². The molecule has 3 nitrogen and oxygen atoms in total. The summed E-state index contributed by atoms with van der Waals surface area (Å²) in [5.74, 6) is 1.41. The molecule has 0 unspecified atom stereocenters. The van der Waals surface area contributed by atoms with Crippen molar-refractivity contribution >= 4 is 11.6 Å². The van der Waals surface area contributed by atoms with Crippen LogP contribution in [0, 0.1) is 6.92 Å². The first-order chi connectivity index (χ1) is 7.66. The maximum absolute atomic E-state index is 11.2. The summed E-state index contributed by atoms with van der Waals surface area (Å²) in [5.41, 5.74) is 1.18. The van der Waals surface area contributed by atoms with Gasteiger partial charge in [-0.3, -0.25) is 4.79 Å². The first-order valence-electron chi connectivity index (χ1n) is 5.84. The molecule has 0 saturated heterocycles. The lowest BCUT2D eigenvalue weighted by molar-refractivity contribution is -0.120. The molecule has 1 fully saturated rings. The van der Waals surface area contributed by atoms with Crippen LogP contribution in [0.15, 0.2) is 18.3 Å². The molecule has 0 atom stereocenters. The molecule has 1 aromatic heterocycles. The average Bonchev–Trinajstić information content (AvgIpc) is 2.30. The highest BCUT2D eigenvalue weighted by Crippen LogP contribution is 2.23. The highest BCUT2D eigenvalue weighted by atomic mass is 16.1. The summed E-state index contributed by atoms with van der Waals surface area (Å²) in [6.45, 7) is 2.04. The third-order valence-corrected chi connectivity index (χ3v) is 3.32. The topological polar surface area (TPSA) is 33.2 Å². The Labute approximate surface area is 96.5 Å². The number of carbonyl (C=O) groups is 1. The van der Waals surface area contributed by atoms with Crippen LogP contribution in [0.4, 0.5) is 5.82 Å². The van der Waals surface area contributed by atoms with Crippen molar-refractivity contribution in [2.75, 3.05) is 11.9 Å². The summed E-state index contributed by atoms with van der Waals surface area (Å²) in [6.07, 6.45) is 5.26. The number of hydrogen-bond donors (Lipinski definition) is 0. The van der Waals surface area contributed by atoms with E-state index < -0.39 is 0 Å². The predicted octanol–water partition coefficient (Wildman–Crippen LogP) is 2.34. The van der Waals surface area contributed by atoms with E-state index >= 15 is 0 Å². The van der Waals surface area contributed by atoms with Crippen LogP contribution in [-0.2, 0) is 4.79 Å². The molecule has 0 aliphatic heterocycles. The Balaban J connectivity index is 2.04. The van der Waals surface area contributed by atoms with E-state index in [1.807, 2.05) is 19.2 Å². The fraction of sp³-hybridized carbons (Fsp3) is 0.538. The highest BCUT2D eigenvalue weighted by molar-refractivity contribution is 5.79. The summed E-state index contributed by atoms with van der Waals surface area (Å²) in [5, 5.41) is 0. The van der Waals surface area contributed by atoms with Gasteiger partial charge in [0.15, 0.2) is 0 Å². The Kier molecular flexibility index (Phi) is 3.22. The third kappa shape index (κ3) is 2.40.